The highest BCUT2D eigenvalue weighted by Crippen LogP contribution is 2.65. The number of allylic oxidation sites excluding steroid dienone is 12. The SMILES string of the molecule is NC1CCCCCCC2CCCCCC3=C(\C=C/C=C\C=C4\CCCCCCCCC\C4=C/C=C3)CCC23CC13. The van der Waals surface area contributed by atoms with Crippen LogP contribution in [0.25, 0.3) is 0 Å². The minimum absolute atomic E-state index is 0.433. The molecule has 1 heteroatoms. The van der Waals surface area contributed by atoms with Crippen LogP contribution in [0, 0.1) is 17.3 Å². The normalized spacial score (nSPS) is 37.8. The molecule has 0 aliphatic heterocycles. The second-order valence-electron chi connectivity index (χ2n) is 14.0. The van der Waals surface area contributed by atoms with Crippen LogP contribution in [0.4, 0.5) is 0 Å². The van der Waals surface area contributed by atoms with Gasteiger partial charge in [0.2, 0.25) is 0 Å². The Morgan fingerprint density at radius 1 is 0.525 bits per heavy atom. The van der Waals surface area contributed by atoms with E-state index in [2.05, 4.69) is 48.6 Å². The van der Waals surface area contributed by atoms with Crippen molar-refractivity contribution in [2.75, 3.05) is 0 Å². The number of rotatable bonds is 0. The maximum absolute atomic E-state index is 6.89. The fraction of sp³-hybridized carbons (Fsp3) is 0.692. The van der Waals surface area contributed by atoms with E-state index in [-0.39, 0.29) is 0 Å². The fourth-order valence-electron chi connectivity index (χ4n) is 8.79. The lowest BCUT2D eigenvalue weighted by molar-refractivity contribution is 0.203. The molecule has 5 aliphatic carbocycles. The molecule has 220 valence electrons. The van der Waals surface area contributed by atoms with E-state index < -0.39 is 0 Å². The standard InChI is InChI=1S/C39H59N/c40-38-28-17-7-6-15-26-36-27-16-9-14-22-34-25-18-24-33-20-11-5-3-1-2-4-10-19-32(33)21-12-8-13-23-35(34)29-30-39(36)31-37(38)39/h8,12-13,18,21,23-25,36-38H,1-7,9-11,14-17,19-20,22,26-31,40H2/b12-8-,13-8?,21-12?,23-13-,24-18?,25-18?,32-21-,33-24+,33-32?,34-25?,35-23?,35-34?. The van der Waals surface area contributed by atoms with Gasteiger partial charge in [-0.1, -0.05) is 119 Å². The van der Waals surface area contributed by atoms with Gasteiger partial charge in [-0.05, 0) is 117 Å². The zero-order valence-corrected chi connectivity index (χ0v) is 25.7. The maximum atomic E-state index is 6.89. The first-order valence-electron chi connectivity index (χ1n) is 17.7. The summed E-state index contributed by atoms with van der Waals surface area (Å²) >= 11 is 0. The minimum atomic E-state index is 0.433. The van der Waals surface area contributed by atoms with Crippen molar-refractivity contribution in [2.45, 2.75) is 154 Å². The zero-order valence-electron chi connectivity index (χ0n) is 25.7. The van der Waals surface area contributed by atoms with Gasteiger partial charge in [0.25, 0.3) is 0 Å². The average Bonchev–Trinajstić information content (AvgIpc) is 3.70. The Hall–Kier alpha value is -1.60. The van der Waals surface area contributed by atoms with Crippen LogP contribution in [0.1, 0.15) is 148 Å². The second-order valence-corrected chi connectivity index (χ2v) is 14.0. The van der Waals surface area contributed by atoms with Gasteiger partial charge >= 0.3 is 0 Å². The fourth-order valence-corrected chi connectivity index (χ4v) is 8.79. The van der Waals surface area contributed by atoms with Crippen molar-refractivity contribution in [3.63, 3.8) is 0 Å². The molecule has 2 N–H and O–H groups in total. The Labute approximate surface area is 247 Å². The van der Waals surface area contributed by atoms with E-state index >= 15 is 0 Å². The molecular weight excluding hydrogens is 482 g/mol. The molecule has 5 aliphatic rings. The summed E-state index contributed by atoms with van der Waals surface area (Å²) in [5.74, 6) is 1.68. The molecule has 0 bridgehead atoms. The van der Waals surface area contributed by atoms with Crippen molar-refractivity contribution in [2.24, 2.45) is 23.0 Å². The predicted molar refractivity (Wildman–Crippen MR) is 174 cm³/mol. The van der Waals surface area contributed by atoms with Gasteiger partial charge in [0, 0.05) is 6.04 Å². The van der Waals surface area contributed by atoms with Crippen molar-refractivity contribution in [3.8, 4) is 0 Å². The lowest BCUT2D eigenvalue weighted by Gasteiger charge is -2.31. The molecular formula is C39H59N. The second kappa shape index (κ2) is 15.6. The smallest absolute Gasteiger partial charge is 0.00727 e. The summed E-state index contributed by atoms with van der Waals surface area (Å²) in [7, 11) is 0. The van der Waals surface area contributed by atoms with Crippen molar-refractivity contribution < 1.29 is 0 Å². The van der Waals surface area contributed by atoms with Gasteiger partial charge in [-0.3, -0.25) is 0 Å². The van der Waals surface area contributed by atoms with Gasteiger partial charge in [-0.2, -0.15) is 0 Å². The van der Waals surface area contributed by atoms with E-state index in [0.717, 1.165) is 11.8 Å². The third-order valence-electron chi connectivity index (χ3n) is 11.3. The highest BCUT2D eigenvalue weighted by atomic mass is 14.8. The van der Waals surface area contributed by atoms with E-state index in [1.807, 2.05) is 0 Å². The Kier molecular flexibility index (Phi) is 11.6. The first-order chi connectivity index (χ1) is 19.8. The molecule has 40 heavy (non-hydrogen) atoms. The van der Waals surface area contributed by atoms with Crippen LogP contribution in [-0.4, -0.2) is 6.04 Å². The van der Waals surface area contributed by atoms with Crippen molar-refractivity contribution in [1.29, 1.82) is 0 Å². The first-order valence-corrected chi connectivity index (χ1v) is 17.7. The molecule has 5 rings (SSSR count). The molecule has 1 spiro atoms. The van der Waals surface area contributed by atoms with Crippen molar-refractivity contribution in [3.05, 3.63) is 70.9 Å². The van der Waals surface area contributed by atoms with E-state index in [1.54, 1.807) is 22.3 Å². The van der Waals surface area contributed by atoms with Crippen LogP contribution in [0.2, 0.25) is 0 Å². The first kappa shape index (κ1) is 29.9. The summed E-state index contributed by atoms with van der Waals surface area (Å²) in [5.41, 5.74) is 13.8. The maximum Gasteiger partial charge on any atom is 0.00727 e. The quantitative estimate of drug-likeness (QED) is 0.324. The van der Waals surface area contributed by atoms with Crippen LogP contribution in [0.5, 0.6) is 0 Å². The van der Waals surface area contributed by atoms with Crippen molar-refractivity contribution >= 4 is 0 Å². The van der Waals surface area contributed by atoms with E-state index in [9.17, 15) is 0 Å². The predicted octanol–water partition coefficient (Wildman–Crippen LogP) is 11.4. The Morgan fingerprint density at radius 3 is 1.82 bits per heavy atom. The molecule has 0 aromatic rings. The number of fused-ring (bicyclic) bond motifs is 1. The summed E-state index contributed by atoms with van der Waals surface area (Å²) in [6.45, 7) is 0. The van der Waals surface area contributed by atoms with Crippen LogP contribution >= 0.6 is 0 Å². The third-order valence-corrected chi connectivity index (χ3v) is 11.3. The lowest BCUT2D eigenvalue weighted by Crippen LogP contribution is -2.30. The summed E-state index contributed by atoms with van der Waals surface area (Å²) in [6, 6.07) is 0.433. The zero-order chi connectivity index (χ0) is 27.5. The molecule has 0 saturated heterocycles. The van der Waals surface area contributed by atoms with Gasteiger partial charge in [-0.25, -0.2) is 0 Å². The summed E-state index contributed by atoms with van der Waals surface area (Å²) in [6.07, 6.45) is 50.5. The summed E-state index contributed by atoms with van der Waals surface area (Å²) in [4.78, 5) is 0. The summed E-state index contributed by atoms with van der Waals surface area (Å²) < 4.78 is 0. The Bertz CT molecular complexity index is 986. The van der Waals surface area contributed by atoms with E-state index in [0.29, 0.717) is 11.5 Å². The molecule has 3 saturated carbocycles. The van der Waals surface area contributed by atoms with Gasteiger partial charge in [0.15, 0.2) is 0 Å². The van der Waals surface area contributed by atoms with Gasteiger partial charge < -0.3 is 5.73 Å². The number of nitrogens with two attached hydrogens (primary N) is 1. The van der Waals surface area contributed by atoms with Crippen molar-refractivity contribution in [1.82, 2.24) is 0 Å². The molecule has 0 radical (unpaired) electrons. The van der Waals surface area contributed by atoms with Crippen LogP contribution in [0.15, 0.2) is 70.9 Å². The highest BCUT2D eigenvalue weighted by molar-refractivity contribution is 5.41. The molecule has 1 nitrogen and oxygen atoms in total. The molecule has 0 amide bonds. The number of hydrogen-bond acceptors (Lipinski definition) is 1. The van der Waals surface area contributed by atoms with Gasteiger partial charge in [0.1, 0.15) is 0 Å². The lowest BCUT2D eigenvalue weighted by atomic mass is 9.74. The van der Waals surface area contributed by atoms with Gasteiger partial charge in [-0.15, -0.1) is 0 Å². The molecule has 4 atom stereocenters. The third kappa shape index (κ3) is 8.24. The Morgan fingerprint density at radius 2 is 1.07 bits per heavy atom. The topological polar surface area (TPSA) is 26.0 Å². The summed E-state index contributed by atoms with van der Waals surface area (Å²) in [5, 5.41) is 0. The van der Waals surface area contributed by atoms with E-state index in [1.165, 1.54) is 148 Å². The van der Waals surface area contributed by atoms with Gasteiger partial charge in [0.05, 0.1) is 0 Å². The average molecular weight is 542 g/mol. The molecule has 4 unspecified atom stereocenters. The largest absolute Gasteiger partial charge is 0.327 e. The highest BCUT2D eigenvalue weighted by Gasteiger charge is 2.59. The molecule has 0 aromatic carbocycles. The van der Waals surface area contributed by atoms with Crippen LogP contribution < -0.4 is 5.73 Å². The minimum Gasteiger partial charge on any atom is -0.327 e. The van der Waals surface area contributed by atoms with Crippen LogP contribution in [-0.2, 0) is 0 Å². The Balaban J connectivity index is 1.40. The monoisotopic (exact) mass is 541 g/mol. The van der Waals surface area contributed by atoms with E-state index in [4.69, 9.17) is 5.73 Å². The molecule has 3 fully saturated rings. The molecule has 0 aromatic heterocycles. The molecule has 0 heterocycles. The number of hydrogen-bond donors (Lipinski definition) is 1. The van der Waals surface area contributed by atoms with Crippen LogP contribution in [0.3, 0.4) is 0 Å².